The smallest absolute Gasteiger partial charge is 0.328 e. The Bertz CT molecular complexity index is 964. The van der Waals surface area contributed by atoms with Crippen LogP contribution in [0.15, 0.2) is 40.1 Å². The standard InChI is InChI=1S/C16H15N3O6S/c20-12(21)7-6-11(15(24)25)17-8-10-13(22)18-16(26)19(14(10)23)9-4-2-1-3-5-9/h1-5,8,11,23H,6-7H2,(H,20,21)(H,24,25)(H,18,22,26). The molecule has 1 unspecified atom stereocenters. The third-order valence-electron chi connectivity index (χ3n) is 3.44. The van der Waals surface area contributed by atoms with E-state index in [2.05, 4.69) is 9.98 Å². The van der Waals surface area contributed by atoms with Crippen molar-refractivity contribution in [3.63, 3.8) is 0 Å². The van der Waals surface area contributed by atoms with E-state index >= 15 is 0 Å². The number of carbonyl (C=O) groups is 2. The van der Waals surface area contributed by atoms with Crippen LogP contribution < -0.4 is 5.56 Å². The molecule has 0 saturated carbocycles. The number of aromatic amines is 1. The summed E-state index contributed by atoms with van der Waals surface area (Å²) in [6, 6.07) is 7.13. The molecule has 1 heterocycles. The average Bonchev–Trinajstić information content (AvgIpc) is 2.57. The molecule has 1 atom stereocenters. The van der Waals surface area contributed by atoms with Gasteiger partial charge in [0, 0.05) is 12.6 Å². The van der Waals surface area contributed by atoms with E-state index < -0.39 is 35.8 Å². The number of hydrogen-bond donors (Lipinski definition) is 4. The molecule has 10 heteroatoms. The van der Waals surface area contributed by atoms with Crippen LogP contribution in [-0.4, -0.2) is 49.1 Å². The molecule has 0 radical (unpaired) electrons. The van der Waals surface area contributed by atoms with Crippen LogP contribution in [0.25, 0.3) is 5.69 Å². The van der Waals surface area contributed by atoms with Crippen LogP contribution in [0.4, 0.5) is 0 Å². The first-order chi connectivity index (χ1) is 12.3. The van der Waals surface area contributed by atoms with Gasteiger partial charge in [-0.1, -0.05) is 18.2 Å². The van der Waals surface area contributed by atoms with E-state index in [-0.39, 0.29) is 16.8 Å². The zero-order chi connectivity index (χ0) is 19.3. The minimum absolute atomic E-state index is 0.0449. The van der Waals surface area contributed by atoms with Gasteiger partial charge in [-0.3, -0.25) is 24.1 Å². The van der Waals surface area contributed by atoms with Crippen molar-refractivity contribution in [3.05, 3.63) is 51.0 Å². The maximum atomic E-state index is 12.1. The SMILES string of the molecule is O=C(O)CCC(N=Cc1c(O)n(-c2ccccc2)c(=S)[nH]c1=O)C(=O)O. The Morgan fingerprint density at radius 1 is 1.27 bits per heavy atom. The number of nitrogens with zero attached hydrogens (tertiary/aromatic N) is 2. The Balaban J connectivity index is 2.46. The number of carboxylic acids is 2. The van der Waals surface area contributed by atoms with E-state index in [1.54, 1.807) is 30.3 Å². The lowest BCUT2D eigenvalue weighted by molar-refractivity contribution is -0.139. The molecule has 9 nitrogen and oxygen atoms in total. The quantitative estimate of drug-likeness (QED) is 0.421. The van der Waals surface area contributed by atoms with Crippen LogP contribution in [0.3, 0.4) is 0 Å². The summed E-state index contributed by atoms with van der Waals surface area (Å²) in [5.74, 6) is -3.00. The molecule has 0 aliphatic heterocycles. The van der Waals surface area contributed by atoms with Crippen LogP contribution in [-0.2, 0) is 9.59 Å². The number of rotatable bonds is 7. The molecule has 0 saturated heterocycles. The minimum Gasteiger partial charge on any atom is -0.494 e. The number of aromatic hydroxyl groups is 1. The Labute approximate surface area is 151 Å². The first kappa shape index (κ1) is 19.1. The molecule has 0 aliphatic rings. The Morgan fingerprint density at radius 2 is 1.92 bits per heavy atom. The zero-order valence-electron chi connectivity index (χ0n) is 13.3. The lowest BCUT2D eigenvalue weighted by Crippen LogP contribution is -2.22. The van der Waals surface area contributed by atoms with Gasteiger partial charge in [0.2, 0.25) is 5.88 Å². The molecule has 2 rings (SSSR count). The molecule has 0 spiro atoms. The fourth-order valence-electron chi connectivity index (χ4n) is 2.16. The van der Waals surface area contributed by atoms with E-state index in [9.17, 15) is 19.5 Å². The summed E-state index contributed by atoms with van der Waals surface area (Å²) >= 11 is 5.06. The predicted octanol–water partition coefficient (Wildman–Crippen LogP) is 1.34. The molecule has 1 aromatic heterocycles. The lowest BCUT2D eigenvalue weighted by Gasteiger charge is -2.11. The fraction of sp³-hybridized carbons (Fsp3) is 0.188. The maximum absolute atomic E-state index is 12.1. The van der Waals surface area contributed by atoms with E-state index in [0.717, 1.165) is 6.21 Å². The molecule has 2 aromatic rings. The highest BCUT2D eigenvalue weighted by Gasteiger charge is 2.18. The summed E-state index contributed by atoms with van der Waals surface area (Å²) in [4.78, 5) is 39.9. The second-order valence-corrected chi connectivity index (χ2v) is 5.62. The van der Waals surface area contributed by atoms with Gasteiger partial charge in [-0.05, 0) is 30.8 Å². The average molecular weight is 377 g/mol. The number of para-hydroxylation sites is 1. The van der Waals surface area contributed by atoms with Gasteiger partial charge in [-0.25, -0.2) is 4.79 Å². The molecule has 26 heavy (non-hydrogen) atoms. The molecule has 1 aromatic carbocycles. The Hall–Kier alpha value is -3.27. The van der Waals surface area contributed by atoms with Gasteiger partial charge in [0.05, 0.1) is 5.69 Å². The van der Waals surface area contributed by atoms with Crippen molar-refractivity contribution in [2.24, 2.45) is 4.99 Å². The van der Waals surface area contributed by atoms with Crippen molar-refractivity contribution in [3.8, 4) is 11.6 Å². The van der Waals surface area contributed by atoms with Gasteiger partial charge in [-0.2, -0.15) is 0 Å². The largest absolute Gasteiger partial charge is 0.494 e. The normalized spacial score (nSPS) is 12.2. The van der Waals surface area contributed by atoms with Crippen LogP contribution in [0, 0.1) is 4.77 Å². The lowest BCUT2D eigenvalue weighted by atomic mass is 10.1. The van der Waals surface area contributed by atoms with Gasteiger partial charge in [0.25, 0.3) is 5.56 Å². The number of carboxylic acid groups (broad SMARTS) is 2. The topological polar surface area (TPSA) is 145 Å². The van der Waals surface area contributed by atoms with E-state index in [1.165, 1.54) is 4.57 Å². The van der Waals surface area contributed by atoms with Crippen molar-refractivity contribution in [1.82, 2.24) is 9.55 Å². The van der Waals surface area contributed by atoms with Crippen LogP contribution in [0.1, 0.15) is 18.4 Å². The van der Waals surface area contributed by atoms with Crippen molar-refractivity contribution in [2.75, 3.05) is 0 Å². The summed E-state index contributed by atoms with van der Waals surface area (Å²) in [6.07, 6.45) is 0.256. The molecule has 136 valence electrons. The number of nitrogens with one attached hydrogen (secondary N) is 1. The minimum atomic E-state index is -1.36. The molecular weight excluding hydrogens is 362 g/mol. The third kappa shape index (κ3) is 4.42. The van der Waals surface area contributed by atoms with Crippen molar-refractivity contribution >= 4 is 30.4 Å². The monoisotopic (exact) mass is 377 g/mol. The summed E-state index contributed by atoms with van der Waals surface area (Å²) in [6.45, 7) is 0. The molecule has 4 N–H and O–H groups in total. The van der Waals surface area contributed by atoms with Gasteiger partial charge < -0.3 is 15.3 Å². The van der Waals surface area contributed by atoms with Crippen molar-refractivity contribution in [2.45, 2.75) is 18.9 Å². The number of H-pyrrole nitrogens is 1. The summed E-state index contributed by atoms with van der Waals surface area (Å²) in [5.41, 5.74) is -0.545. The molecule has 0 fully saturated rings. The van der Waals surface area contributed by atoms with Crippen LogP contribution in [0.2, 0.25) is 0 Å². The fourth-order valence-corrected chi connectivity index (χ4v) is 2.44. The van der Waals surface area contributed by atoms with Gasteiger partial charge >= 0.3 is 11.9 Å². The second-order valence-electron chi connectivity index (χ2n) is 5.23. The summed E-state index contributed by atoms with van der Waals surface area (Å²) in [5, 5.41) is 28.2. The van der Waals surface area contributed by atoms with E-state index in [0.29, 0.717) is 5.69 Å². The number of hydrogen-bond acceptors (Lipinski definition) is 6. The second kappa shape index (κ2) is 8.21. The highest BCUT2D eigenvalue weighted by atomic mass is 32.1. The summed E-state index contributed by atoms with van der Waals surface area (Å²) < 4.78 is 1.15. The van der Waals surface area contributed by atoms with Crippen LogP contribution >= 0.6 is 12.2 Å². The number of aromatic nitrogens is 2. The molecule has 0 bridgehead atoms. The molecule has 0 aliphatic carbocycles. The van der Waals surface area contributed by atoms with Crippen molar-refractivity contribution < 1.29 is 24.9 Å². The Kier molecular flexibility index (Phi) is 6.02. The maximum Gasteiger partial charge on any atom is 0.328 e. The van der Waals surface area contributed by atoms with E-state index in [4.69, 9.17) is 22.4 Å². The van der Waals surface area contributed by atoms with Gasteiger partial charge in [-0.15, -0.1) is 0 Å². The highest BCUT2D eigenvalue weighted by Crippen LogP contribution is 2.18. The highest BCUT2D eigenvalue weighted by molar-refractivity contribution is 7.71. The Morgan fingerprint density at radius 3 is 2.50 bits per heavy atom. The van der Waals surface area contributed by atoms with Gasteiger partial charge in [0.15, 0.2) is 4.77 Å². The summed E-state index contributed by atoms with van der Waals surface area (Å²) in [7, 11) is 0. The number of aliphatic imine (C=N–C) groups is 1. The third-order valence-corrected chi connectivity index (χ3v) is 3.72. The predicted molar refractivity (Wildman–Crippen MR) is 94.8 cm³/mol. The van der Waals surface area contributed by atoms with E-state index in [1.807, 2.05) is 0 Å². The number of benzene rings is 1. The first-order valence-electron chi connectivity index (χ1n) is 7.42. The van der Waals surface area contributed by atoms with Gasteiger partial charge in [0.1, 0.15) is 11.6 Å². The number of aliphatic carboxylic acids is 2. The molecule has 0 amide bonds. The first-order valence-corrected chi connectivity index (χ1v) is 7.83. The zero-order valence-corrected chi connectivity index (χ0v) is 14.1. The molecular formula is C16H15N3O6S. The van der Waals surface area contributed by atoms with Crippen LogP contribution in [0.5, 0.6) is 5.88 Å². The van der Waals surface area contributed by atoms with Crippen molar-refractivity contribution in [1.29, 1.82) is 0 Å².